The number of carbonyl (C=O) groups is 1. The second-order valence-electron chi connectivity index (χ2n) is 4.52. The molecule has 1 N–H and O–H groups in total. The third-order valence-electron chi connectivity index (χ3n) is 3.05. The standard InChI is InChI=1S/C14H11FN2O2S/c15-11-3-1-10(2-4-11)12-8-20-13(16-12)5-9-6-17(7-9)14(18)19/h1-5,8H,6-7H2,(H,18,19). The Morgan fingerprint density at radius 3 is 2.70 bits per heavy atom. The maximum absolute atomic E-state index is 12.9. The topological polar surface area (TPSA) is 53.4 Å². The molecular weight excluding hydrogens is 279 g/mol. The molecule has 0 atom stereocenters. The molecule has 1 aliphatic heterocycles. The first kappa shape index (κ1) is 12.8. The highest BCUT2D eigenvalue weighted by Gasteiger charge is 2.24. The highest BCUT2D eigenvalue weighted by Crippen LogP contribution is 2.25. The minimum atomic E-state index is -0.895. The molecule has 6 heteroatoms. The van der Waals surface area contributed by atoms with Crippen molar-refractivity contribution in [3.05, 3.63) is 46.0 Å². The van der Waals surface area contributed by atoms with Gasteiger partial charge in [-0.2, -0.15) is 0 Å². The first-order chi connectivity index (χ1) is 9.61. The Balaban J connectivity index is 1.73. The molecule has 4 nitrogen and oxygen atoms in total. The van der Waals surface area contributed by atoms with Crippen LogP contribution in [0.2, 0.25) is 0 Å². The van der Waals surface area contributed by atoms with E-state index >= 15 is 0 Å². The van der Waals surface area contributed by atoms with Gasteiger partial charge in [0, 0.05) is 24.0 Å². The summed E-state index contributed by atoms with van der Waals surface area (Å²) in [4.78, 5) is 16.4. The molecule has 0 saturated carbocycles. The van der Waals surface area contributed by atoms with Crippen molar-refractivity contribution in [1.82, 2.24) is 9.88 Å². The van der Waals surface area contributed by atoms with Crippen LogP contribution in [0.1, 0.15) is 5.01 Å². The van der Waals surface area contributed by atoms with Crippen LogP contribution < -0.4 is 0 Å². The lowest BCUT2D eigenvalue weighted by atomic mass is 10.1. The van der Waals surface area contributed by atoms with Crippen LogP contribution >= 0.6 is 11.3 Å². The largest absolute Gasteiger partial charge is 0.465 e. The van der Waals surface area contributed by atoms with E-state index in [1.165, 1.54) is 28.4 Å². The fraction of sp³-hybridized carbons (Fsp3) is 0.143. The second-order valence-corrected chi connectivity index (χ2v) is 5.41. The van der Waals surface area contributed by atoms with E-state index in [9.17, 15) is 9.18 Å². The van der Waals surface area contributed by atoms with Gasteiger partial charge in [0.05, 0.1) is 5.69 Å². The van der Waals surface area contributed by atoms with Gasteiger partial charge in [0.2, 0.25) is 0 Å². The Hall–Kier alpha value is -2.21. The molecule has 20 heavy (non-hydrogen) atoms. The fourth-order valence-corrected chi connectivity index (χ4v) is 2.76. The van der Waals surface area contributed by atoms with Crippen LogP contribution in [0.3, 0.4) is 0 Å². The SMILES string of the molecule is O=C(O)N1CC(=Cc2nc(-c3ccc(F)cc3)cs2)C1. The quantitative estimate of drug-likeness (QED) is 0.923. The number of benzene rings is 1. The van der Waals surface area contributed by atoms with Crippen molar-refractivity contribution < 1.29 is 14.3 Å². The molecule has 3 rings (SSSR count). The maximum Gasteiger partial charge on any atom is 0.407 e. The van der Waals surface area contributed by atoms with Gasteiger partial charge >= 0.3 is 6.09 Å². The van der Waals surface area contributed by atoms with Crippen LogP contribution in [-0.4, -0.2) is 34.2 Å². The first-order valence-corrected chi connectivity index (χ1v) is 6.88. The van der Waals surface area contributed by atoms with Crippen molar-refractivity contribution in [1.29, 1.82) is 0 Å². The summed E-state index contributed by atoms with van der Waals surface area (Å²) in [5.41, 5.74) is 2.72. The Labute approximate surface area is 118 Å². The molecule has 1 aromatic heterocycles. The number of rotatable bonds is 2. The van der Waals surface area contributed by atoms with Crippen LogP contribution in [0.5, 0.6) is 0 Å². The molecule has 0 radical (unpaired) electrons. The Kier molecular flexibility index (Phi) is 3.23. The van der Waals surface area contributed by atoms with E-state index in [1.807, 2.05) is 11.5 Å². The van der Waals surface area contributed by atoms with Gasteiger partial charge in [0.25, 0.3) is 0 Å². The monoisotopic (exact) mass is 290 g/mol. The van der Waals surface area contributed by atoms with Gasteiger partial charge in [0.15, 0.2) is 0 Å². The lowest BCUT2D eigenvalue weighted by Crippen LogP contribution is -2.43. The normalized spacial score (nSPS) is 14.1. The number of hydrogen-bond acceptors (Lipinski definition) is 3. The van der Waals surface area contributed by atoms with Crippen LogP contribution in [-0.2, 0) is 0 Å². The minimum absolute atomic E-state index is 0.269. The number of aromatic nitrogens is 1. The first-order valence-electron chi connectivity index (χ1n) is 6.00. The number of carboxylic acid groups (broad SMARTS) is 1. The van der Waals surface area contributed by atoms with Crippen molar-refractivity contribution in [2.45, 2.75) is 0 Å². The van der Waals surface area contributed by atoms with E-state index in [0.29, 0.717) is 13.1 Å². The van der Waals surface area contributed by atoms with Crippen LogP contribution in [0.4, 0.5) is 9.18 Å². The molecule has 1 saturated heterocycles. The average molecular weight is 290 g/mol. The van der Waals surface area contributed by atoms with Crippen molar-refractivity contribution in [3.8, 4) is 11.3 Å². The molecule has 2 aromatic rings. The zero-order valence-corrected chi connectivity index (χ0v) is 11.2. The number of halogens is 1. The summed E-state index contributed by atoms with van der Waals surface area (Å²) < 4.78 is 12.9. The zero-order valence-electron chi connectivity index (χ0n) is 10.4. The lowest BCUT2D eigenvalue weighted by Gasteiger charge is -2.30. The molecule has 102 valence electrons. The molecule has 1 aromatic carbocycles. The maximum atomic E-state index is 12.9. The van der Waals surface area contributed by atoms with E-state index in [1.54, 1.807) is 12.1 Å². The van der Waals surface area contributed by atoms with Crippen LogP contribution in [0.15, 0.2) is 35.2 Å². The zero-order chi connectivity index (χ0) is 14.1. The lowest BCUT2D eigenvalue weighted by molar-refractivity contribution is 0.138. The number of likely N-dealkylation sites (tertiary alicyclic amines) is 1. The Morgan fingerprint density at radius 1 is 1.35 bits per heavy atom. The van der Waals surface area contributed by atoms with Crippen LogP contribution in [0.25, 0.3) is 17.3 Å². The van der Waals surface area contributed by atoms with Gasteiger partial charge < -0.3 is 10.0 Å². The summed E-state index contributed by atoms with van der Waals surface area (Å²) in [6.45, 7) is 0.890. The molecule has 0 unspecified atom stereocenters. The number of thiazole rings is 1. The summed E-state index contributed by atoms with van der Waals surface area (Å²) in [5.74, 6) is -0.269. The summed E-state index contributed by atoms with van der Waals surface area (Å²) in [6.07, 6.45) is 1.02. The summed E-state index contributed by atoms with van der Waals surface area (Å²) >= 11 is 1.49. The van der Waals surface area contributed by atoms with Gasteiger partial charge in [-0.25, -0.2) is 14.2 Å². The second kappa shape index (κ2) is 5.05. The third-order valence-corrected chi connectivity index (χ3v) is 3.84. The number of amides is 1. The van der Waals surface area contributed by atoms with Crippen molar-refractivity contribution in [3.63, 3.8) is 0 Å². The smallest absolute Gasteiger partial charge is 0.407 e. The minimum Gasteiger partial charge on any atom is -0.465 e. The summed E-state index contributed by atoms with van der Waals surface area (Å²) in [6, 6.07) is 6.20. The Bertz CT molecular complexity index is 671. The molecule has 0 spiro atoms. The van der Waals surface area contributed by atoms with Gasteiger partial charge in [-0.15, -0.1) is 11.3 Å². The fourth-order valence-electron chi connectivity index (χ4n) is 1.95. The van der Waals surface area contributed by atoms with E-state index in [2.05, 4.69) is 4.98 Å². The Morgan fingerprint density at radius 2 is 2.05 bits per heavy atom. The predicted molar refractivity (Wildman–Crippen MR) is 75.1 cm³/mol. The molecule has 2 heterocycles. The van der Waals surface area contributed by atoms with Crippen LogP contribution in [0, 0.1) is 5.82 Å². The molecular formula is C14H11FN2O2S. The molecule has 1 aliphatic rings. The molecule has 0 aliphatic carbocycles. The van der Waals surface area contributed by atoms with Gasteiger partial charge in [-0.3, -0.25) is 0 Å². The van der Waals surface area contributed by atoms with Gasteiger partial charge in [-0.05, 0) is 35.9 Å². The van der Waals surface area contributed by atoms with Crippen molar-refractivity contribution >= 4 is 23.5 Å². The van der Waals surface area contributed by atoms with Crippen molar-refractivity contribution in [2.75, 3.05) is 13.1 Å². The predicted octanol–water partition coefficient (Wildman–Crippen LogP) is 3.33. The third kappa shape index (κ3) is 2.55. The van der Waals surface area contributed by atoms with E-state index in [-0.39, 0.29) is 5.82 Å². The van der Waals surface area contributed by atoms with E-state index in [4.69, 9.17) is 5.11 Å². The molecule has 0 bridgehead atoms. The van der Waals surface area contributed by atoms with Gasteiger partial charge in [-0.1, -0.05) is 0 Å². The summed E-state index contributed by atoms with van der Waals surface area (Å²) in [5, 5.41) is 11.5. The number of hydrogen-bond donors (Lipinski definition) is 1. The number of nitrogens with zero attached hydrogens (tertiary/aromatic N) is 2. The molecule has 1 amide bonds. The van der Waals surface area contributed by atoms with Gasteiger partial charge in [0.1, 0.15) is 10.8 Å². The highest BCUT2D eigenvalue weighted by atomic mass is 32.1. The molecule has 1 fully saturated rings. The van der Waals surface area contributed by atoms with Crippen molar-refractivity contribution in [2.24, 2.45) is 0 Å². The van der Waals surface area contributed by atoms with E-state index in [0.717, 1.165) is 21.8 Å². The van der Waals surface area contributed by atoms with E-state index < -0.39 is 6.09 Å². The highest BCUT2D eigenvalue weighted by molar-refractivity contribution is 7.10. The summed E-state index contributed by atoms with van der Waals surface area (Å²) in [7, 11) is 0. The average Bonchev–Trinajstić information content (AvgIpc) is 2.82.